The zero-order valence-electron chi connectivity index (χ0n) is 30.4. The lowest BCUT2D eigenvalue weighted by Crippen LogP contribution is -2.66. The summed E-state index contributed by atoms with van der Waals surface area (Å²) in [5.74, 6) is 1.36. The molecule has 0 radical (unpaired) electrons. The second-order valence-electron chi connectivity index (χ2n) is 12.9. The van der Waals surface area contributed by atoms with Crippen molar-refractivity contribution in [3.8, 4) is 11.5 Å². The van der Waals surface area contributed by atoms with Crippen molar-refractivity contribution >= 4 is 8.38 Å². The predicted molar refractivity (Wildman–Crippen MR) is 197 cm³/mol. The lowest BCUT2D eigenvalue weighted by Gasteiger charge is -2.50. The maximum atomic E-state index is 13.4. The molecule has 3 heterocycles. The number of aromatic nitrogens is 2. The van der Waals surface area contributed by atoms with Crippen LogP contribution < -0.4 is 20.7 Å². The average Bonchev–Trinajstić information content (AvgIpc) is 3.46. The van der Waals surface area contributed by atoms with E-state index in [1.54, 1.807) is 21.1 Å². The van der Waals surface area contributed by atoms with Crippen molar-refractivity contribution < 1.29 is 37.5 Å². The number of hydrogen-bond acceptors (Lipinski definition) is 10. The lowest BCUT2D eigenvalue weighted by atomic mass is 9.76. The van der Waals surface area contributed by atoms with Gasteiger partial charge in [-0.1, -0.05) is 54.6 Å². The van der Waals surface area contributed by atoms with Crippen LogP contribution in [0.25, 0.3) is 4.85 Å². The van der Waals surface area contributed by atoms with Gasteiger partial charge in [-0.3, -0.25) is 14.3 Å². The topological polar surface area (TPSA) is 133 Å². The van der Waals surface area contributed by atoms with Crippen molar-refractivity contribution in [1.82, 2.24) is 9.55 Å². The minimum absolute atomic E-state index is 0.0156. The summed E-state index contributed by atoms with van der Waals surface area (Å²) in [6, 6.07) is 25.2. The van der Waals surface area contributed by atoms with Gasteiger partial charge in [-0.05, 0) is 47.9 Å². The Morgan fingerprint density at radius 2 is 1.58 bits per heavy atom. The van der Waals surface area contributed by atoms with Gasteiger partial charge in [0.05, 0.1) is 27.4 Å². The Labute approximate surface area is 309 Å². The third-order valence-corrected chi connectivity index (χ3v) is 11.1. The SMILES string of the molecule is [C-]#[N+]CCOP(C)O[C@]12CCOCC1(COC(c1ccccc1)(c1ccc(OC)cc1)c1ccc(OC)cc1)O[C@@H](n1cc(C)c(=O)[nH]c1=O)C2OC. The molecule has 53 heavy (non-hydrogen) atoms. The van der Waals surface area contributed by atoms with Gasteiger partial charge in [-0.25, -0.2) is 11.4 Å². The van der Waals surface area contributed by atoms with E-state index in [1.807, 2.05) is 85.5 Å². The van der Waals surface area contributed by atoms with Gasteiger partial charge in [0.1, 0.15) is 41.0 Å². The van der Waals surface area contributed by atoms with Crippen LogP contribution in [0.4, 0.5) is 0 Å². The first kappa shape index (κ1) is 38.3. The second kappa shape index (κ2) is 16.3. The highest BCUT2D eigenvalue weighted by atomic mass is 31.2. The van der Waals surface area contributed by atoms with Crippen molar-refractivity contribution in [3.05, 3.63) is 140 Å². The van der Waals surface area contributed by atoms with E-state index in [4.69, 9.17) is 44.0 Å². The maximum Gasteiger partial charge on any atom is 0.330 e. The number of nitrogens with one attached hydrogen (secondary N) is 1. The molecule has 4 aromatic rings. The number of H-pyrrole nitrogens is 1. The normalized spacial score (nSPS) is 23.2. The quantitative estimate of drug-likeness (QED) is 0.0749. The summed E-state index contributed by atoms with van der Waals surface area (Å²) in [5, 5.41) is 0. The first-order valence-electron chi connectivity index (χ1n) is 17.1. The van der Waals surface area contributed by atoms with E-state index < -0.39 is 48.8 Å². The van der Waals surface area contributed by atoms with E-state index in [9.17, 15) is 9.59 Å². The largest absolute Gasteiger partial charge is 0.497 e. The molecule has 6 rings (SSSR count). The average molecular weight is 746 g/mol. The summed E-state index contributed by atoms with van der Waals surface area (Å²) in [6.07, 6.45) is -0.193. The van der Waals surface area contributed by atoms with Crippen LogP contribution in [0.3, 0.4) is 0 Å². The van der Waals surface area contributed by atoms with E-state index in [-0.39, 0.29) is 26.4 Å². The molecule has 0 amide bonds. The highest BCUT2D eigenvalue weighted by molar-refractivity contribution is 7.46. The summed E-state index contributed by atoms with van der Waals surface area (Å²) >= 11 is 0. The fourth-order valence-electron chi connectivity index (χ4n) is 7.30. The summed E-state index contributed by atoms with van der Waals surface area (Å²) in [7, 11) is 3.17. The van der Waals surface area contributed by atoms with E-state index in [2.05, 4.69) is 9.83 Å². The van der Waals surface area contributed by atoms with Crippen LogP contribution in [-0.2, 0) is 33.6 Å². The zero-order valence-corrected chi connectivity index (χ0v) is 31.3. The van der Waals surface area contributed by atoms with Crippen LogP contribution in [0.15, 0.2) is 94.6 Å². The molecule has 1 N–H and O–H groups in total. The number of hydrogen-bond donors (Lipinski definition) is 1. The summed E-state index contributed by atoms with van der Waals surface area (Å²) in [4.78, 5) is 31.7. The molecule has 280 valence electrons. The third kappa shape index (κ3) is 7.16. The molecule has 2 saturated heterocycles. The third-order valence-electron chi connectivity index (χ3n) is 9.93. The molecule has 2 fully saturated rings. The molecule has 14 heteroatoms. The lowest BCUT2D eigenvalue weighted by molar-refractivity contribution is -0.234. The highest BCUT2D eigenvalue weighted by Crippen LogP contribution is 2.58. The zero-order chi connectivity index (χ0) is 37.6. The van der Waals surface area contributed by atoms with Crippen LogP contribution in [0, 0.1) is 13.5 Å². The van der Waals surface area contributed by atoms with E-state index in [0.717, 1.165) is 16.7 Å². The van der Waals surface area contributed by atoms with Crippen molar-refractivity contribution in [2.75, 3.05) is 61.0 Å². The molecular weight excluding hydrogens is 701 g/mol. The van der Waals surface area contributed by atoms with E-state index in [1.165, 1.54) is 17.9 Å². The second-order valence-corrected chi connectivity index (χ2v) is 14.2. The summed E-state index contributed by atoms with van der Waals surface area (Å²) in [5.41, 5.74) is -2.30. The molecule has 2 aliphatic heterocycles. The fraction of sp³-hybridized carbons (Fsp3) is 0.410. The van der Waals surface area contributed by atoms with Gasteiger partial charge in [-0.15, -0.1) is 0 Å². The van der Waals surface area contributed by atoms with Crippen LogP contribution >= 0.6 is 8.38 Å². The molecule has 0 saturated carbocycles. The molecular formula is C39H44N3O10P. The fourth-order valence-corrected chi connectivity index (χ4v) is 8.51. The van der Waals surface area contributed by atoms with Crippen molar-refractivity contribution in [2.24, 2.45) is 0 Å². The van der Waals surface area contributed by atoms with Gasteiger partial charge in [-0.2, -0.15) is 0 Å². The molecule has 1 aromatic heterocycles. The molecule has 0 aliphatic carbocycles. The Hall–Kier alpha value is -4.38. The number of nitrogens with zero attached hydrogens (tertiary/aromatic N) is 2. The molecule has 13 nitrogen and oxygen atoms in total. The minimum Gasteiger partial charge on any atom is -0.497 e. The number of aromatic amines is 1. The van der Waals surface area contributed by atoms with Crippen LogP contribution in [0.1, 0.15) is 34.9 Å². The van der Waals surface area contributed by atoms with Gasteiger partial charge in [0.2, 0.25) is 6.54 Å². The molecule has 0 spiro atoms. The van der Waals surface area contributed by atoms with Gasteiger partial charge in [0, 0.05) is 38.6 Å². The molecule has 3 aromatic carbocycles. The smallest absolute Gasteiger partial charge is 0.330 e. The van der Waals surface area contributed by atoms with Gasteiger partial charge in [0.25, 0.3) is 5.56 Å². The standard InChI is InChI=1S/C39H44N3O10P/c1-27-24-42(36(44)41-34(27)43)35-33(47-5)38(52-53(6)50-23-21-40-2)20-22-48-25-37(38,51-35)26-49-39(28-10-8-7-9-11-28,29-12-16-31(45-3)17-13-29)30-14-18-32(46-4)19-15-30/h7-19,24,33,35H,20-23,25-26H2,1,3-6H3,(H,41,43,44)/t33?,35-,37?,38+,53?/m1/s1. The Morgan fingerprint density at radius 3 is 2.17 bits per heavy atom. The number of ether oxygens (including phenoxy) is 6. The van der Waals surface area contributed by atoms with Crippen molar-refractivity contribution in [2.45, 2.75) is 42.5 Å². The Balaban J connectivity index is 1.54. The Morgan fingerprint density at radius 1 is 0.962 bits per heavy atom. The van der Waals surface area contributed by atoms with Crippen LogP contribution in [-0.4, -0.2) is 87.8 Å². The first-order chi connectivity index (χ1) is 25.7. The molecule has 0 bridgehead atoms. The van der Waals surface area contributed by atoms with Gasteiger partial charge >= 0.3 is 5.69 Å². The molecule has 5 atom stereocenters. The highest BCUT2D eigenvalue weighted by Gasteiger charge is 2.70. The number of fused-ring (bicyclic) bond motifs is 1. The number of methoxy groups -OCH3 is 3. The van der Waals surface area contributed by atoms with Crippen molar-refractivity contribution in [1.29, 1.82) is 0 Å². The Bertz CT molecular complexity index is 1950. The summed E-state index contributed by atoms with van der Waals surface area (Å²) < 4.78 is 52.2. The first-order valence-corrected chi connectivity index (χ1v) is 18.8. The van der Waals surface area contributed by atoms with Gasteiger partial charge in [0.15, 0.2) is 14.6 Å². The number of rotatable bonds is 15. The van der Waals surface area contributed by atoms with Crippen molar-refractivity contribution in [3.63, 3.8) is 0 Å². The number of benzene rings is 3. The van der Waals surface area contributed by atoms with Crippen LogP contribution in [0.2, 0.25) is 0 Å². The van der Waals surface area contributed by atoms with Crippen LogP contribution in [0.5, 0.6) is 11.5 Å². The Kier molecular flexibility index (Phi) is 11.8. The molecule has 2 aliphatic rings. The molecule has 3 unspecified atom stereocenters. The van der Waals surface area contributed by atoms with E-state index in [0.29, 0.717) is 30.1 Å². The van der Waals surface area contributed by atoms with Gasteiger partial charge < -0.3 is 42.3 Å². The monoisotopic (exact) mass is 745 g/mol. The predicted octanol–water partition coefficient (Wildman–Crippen LogP) is 5.21. The minimum atomic E-state index is -1.60. The maximum absolute atomic E-state index is 13.4. The van der Waals surface area contributed by atoms with E-state index >= 15 is 0 Å². The summed E-state index contributed by atoms with van der Waals surface area (Å²) in [6.45, 7) is 11.2. The number of aryl methyl sites for hydroxylation is 1.